The Hall–Kier alpha value is -2.42. The van der Waals surface area contributed by atoms with Gasteiger partial charge in [0.05, 0.1) is 10.1 Å². The molecule has 2 unspecified atom stereocenters. The third kappa shape index (κ3) is 4.65. The first kappa shape index (κ1) is 23.7. The maximum atomic E-state index is 13.2. The molecule has 3 aliphatic rings. The molecule has 9 heteroatoms. The van der Waals surface area contributed by atoms with Crippen molar-refractivity contribution in [3.8, 4) is 0 Å². The van der Waals surface area contributed by atoms with Crippen molar-refractivity contribution in [1.29, 1.82) is 0 Å². The van der Waals surface area contributed by atoms with Gasteiger partial charge < -0.3 is 10.6 Å². The molecule has 1 aliphatic heterocycles. The highest BCUT2D eigenvalue weighted by atomic mass is 32.2. The first-order valence-electron chi connectivity index (χ1n) is 11.7. The molecule has 1 saturated heterocycles. The van der Waals surface area contributed by atoms with Crippen LogP contribution in [0.15, 0.2) is 29.2 Å². The minimum Gasteiger partial charge on any atom is -0.324 e. The molecule has 4 amide bonds. The zero-order valence-corrected chi connectivity index (χ0v) is 20.3. The number of sulfone groups is 1. The predicted octanol–water partition coefficient (Wildman–Crippen LogP) is 3.48. The van der Waals surface area contributed by atoms with Gasteiger partial charge in [0, 0.05) is 5.69 Å². The van der Waals surface area contributed by atoms with Gasteiger partial charge in [0.15, 0.2) is 9.84 Å². The van der Waals surface area contributed by atoms with Gasteiger partial charge in [-0.05, 0) is 61.6 Å². The summed E-state index contributed by atoms with van der Waals surface area (Å²) in [5.74, 6) is -0.634. The number of hydrogen-bond donors (Lipinski definition) is 2. The monoisotopic (exact) mass is 475 g/mol. The van der Waals surface area contributed by atoms with Crippen LogP contribution < -0.4 is 10.6 Å². The Morgan fingerprint density at radius 2 is 1.88 bits per heavy atom. The van der Waals surface area contributed by atoms with Crippen molar-refractivity contribution in [3.05, 3.63) is 24.3 Å². The van der Waals surface area contributed by atoms with E-state index in [0.29, 0.717) is 31.4 Å². The molecule has 2 saturated carbocycles. The lowest BCUT2D eigenvalue weighted by atomic mass is 9.64. The molecule has 1 aromatic rings. The quantitative estimate of drug-likeness (QED) is 0.633. The molecule has 2 N–H and O–H groups in total. The van der Waals surface area contributed by atoms with E-state index in [-0.39, 0.29) is 27.4 Å². The number of nitrogens with zero attached hydrogens (tertiary/aromatic N) is 1. The molecule has 2 atom stereocenters. The molecule has 180 valence electrons. The molecule has 8 nitrogen and oxygen atoms in total. The molecule has 3 fully saturated rings. The number of imide groups is 1. The third-order valence-electron chi connectivity index (χ3n) is 7.11. The van der Waals surface area contributed by atoms with Crippen LogP contribution in [0.2, 0.25) is 0 Å². The topological polar surface area (TPSA) is 113 Å². The predicted molar refractivity (Wildman–Crippen MR) is 124 cm³/mol. The van der Waals surface area contributed by atoms with Crippen LogP contribution in [0.4, 0.5) is 10.5 Å². The van der Waals surface area contributed by atoms with Gasteiger partial charge in [-0.1, -0.05) is 39.7 Å². The zero-order chi connectivity index (χ0) is 24.0. The number of urea groups is 1. The summed E-state index contributed by atoms with van der Waals surface area (Å²) < 4.78 is 25.7. The highest BCUT2D eigenvalue weighted by molar-refractivity contribution is 7.92. The van der Waals surface area contributed by atoms with Crippen molar-refractivity contribution in [3.63, 3.8) is 0 Å². The summed E-state index contributed by atoms with van der Waals surface area (Å²) in [6, 6.07) is 5.62. The fraction of sp³-hybridized carbons (Fsp3) is 0.625. The minimum absolute atomic E-state index is 0.0931. The minimum atomic E-state index is -3.45. The molecule has 33 heavy (non-hydrogen) atoms. The number of carbonyl (C=O) groups is 3. The van der Waals surface area contributed by atoms with E-state index in [2.05, 4.69) is 31.4 Å². The second kappa shape index (κ2) is 8.42. The van der Waals surface area contributed by atoms with Gasteiger partial charge in [-0.25, -0.2) is 13.2 Å². The maximum absolute atomic E-state index is 13.2. The Morgan fingerprint density at radius 3 is 2.55 bits per heavy atom. The van der Waals surface area contributed by atoms with Crippen LogP contribution in [0.5, 0.6) is 0 Å². The van der Waals surface area contributed by atoms with E-state index in [9.17, 15) is 22.8 Å². The number of rotatable bonds is 5. The summed E-state index contributed by atoms with van der Waals surface area (Å²) in [6.45, 7) is 5.84. The van der Waals surface area contributed by atoms with Gasteiger partial charge in [0.25, 0.3) is 5.91 Å². The lowest BCUT2D eigenvalue weighted by Crippen LogP contribution is -2.54. The SMILES string of the molecule is CC1CC(C)(C)CC2(C1)NC(=O)N(CC(=O)Nc1cccc(S(=O)(=O)C3CCCC3)c1)C2=O. The van der Waals surface area contributed by atoms with Crippen molar-refractivity contribution >= 4 is 33.4 Å². The molecular weight excluding hydrogens is 442 g/mol. The van der Waals surface area contributed by atoms with Crippen LogP contribution in [0.3, 0.4) is 0 Å². The Labute approximate surface area is 195 Å². The third-order valence-corrected chi connectivity index (χ3v) is 9.37. The van der Waals surface area contributed by atoms with Crippen molar-refractivity contribution in [2.75, 3.05) is 11.9 Å². The van der Waals surface area contributed by atoms with Gasteiger partial charge in [-0.3, -0.25) is 14.5 Å². The number of amides is 4. The van der Waals surface area contributed by atoms with E-state index in [0.717, 1.165) is 24.2 Å². The summed E-state index contributed by atoms with van der Waals surface area (Å²) in [6.07, 6.45) is 5.19. The van der Waals surface area contributed by atoms with Crippen LogP contribution in [0.25, 0.3) is 0 Å². The summed E-state index contributed by atoms with van der Waals surface area (Å²) >= 11 is 0. The smallest absolute Gasteiger partial charge is 0.324 e. The number of carbonyl (C=O) groups excluding carboxylic acids is 3. The Bertz CT molecular complexity index is 1080. The van der Waals surface area contributed by atoms with E-state index in [4.69, 9.17) is 0 Å². The molecule has 2 aliphatic carbocycles. The van der Waals surface area contributed by atoms with Crippen molar-refractivity contribution in [1.82, 2.24) is 10.2 Å². The van der Waals surface area contributed by atoms with Crippen LogP contribution in [0.1, 0.15) is 65.7 Å². The van der Waals surface area contributed by atoms with Crippen LogP contribution in [0, 0.1) is 11.3 Å². The van der Waals surface area contributed by atoms with E-state index in [1.165, 1.54) is 12.1 Å². The van der Waals surface area contributed by atoms with Gasteiger partial charge in [0.2, 0.25) is 5.91 Å². The van der Waals surface area contributed by atoms with Crippen LogP contribution in [-0.2, 0) is 19.4 Å². The second-order valence-electron chi connectivity index (χ2n) is 10.8. The Kier molecular flexibility index (Phi) is 6.05. The van der Waals surface area contributed by atoms with Crippen molar-refractivity contribution in [2.24, 2.45) is 11.3 Å². The largest absolute Gasteiger partial charge is 0.325 e. The highest BCUT2D eigenvalue weighted by Gasteiger charge is 2.56. The fourth-order valence-electron chi connectivity index (χ4n) is 6.14. The molecule has 0 aromatic heterocycles. The normalized spacial score (nSPS) is 27.7. The second-order valence-corrected chi connectivity index (χ2v) is 13.0. The maximum Gasteiger partial charge on any atom is 0.325 e. The molecule has 1 spiro atoms. The Balaban J connectivity index is 1.45. The summed E-state index contributed by atoms with van der Waals surface area (Å²) in [5.41, 5.74) is -0.731. The van der Waals surface area contributed by atoms with Gasteiger partial charge in [-0.2, -0.15) is 0 Å². The first-order valence-corrected chi connectivity index (χ1v) is 13.2. The summed E-state index contributed by atoms with van der Waals surface area (Å²) in [7, 11) is -3.45. The van der Waals surface area contributed by atoms with E-state index < -0.39 is 33.9 Å². The molecule has 1 aromatic carbocycles. The lowest BCUT2D eigenvalue weighted by molar-refractivity contribution is -0.136. The van der Waals surface area contributed by atoms with Crippen LogP contribution in [-0.4, -0.2) is 48.5 Å². The molecule has 4 rings (SSSR count). The number of nitrogens with one attached hydrogen (secondary N) is 2. The average Bonchev–Trinajstić information content (AvgIpc) is 3.31. The zero-order valence-electron chi connectivity index (χ0n) is 19.5. The van der Waals surface area contributed by atoms with Gasteiger partial charge in [0.1, 0.15) is 12.1 Å². The van der Waals surface area contributed by atoms with E-state index in [1.807, 2.05) is 0 Å². The molecule has 1 heterocycles. The lowest BCUT2D eigenvalue weighted by Gasteiger charge is -2.43. The summed E-state index contributed by atoms with van der Waals surface area (Å²) in [5, 5.41) is 5.13. The summed E-state index contributed by atoms with van der Waals surface area (Å²) in [4.78, 5) is 39.7. The standard InChI is InChI=1S/C24H33N3O5S/c1-16-12-23(2,3)15-24(13-16)21(29)27(22(30)26-24)14-20(28)25-17-7-6-10-19(11-17)33(31,32)18-8-4-5-9-18/h6-7,10-11,16,18H,4-5,8-9,12-15H2,1-3H3,(H,25,28)(H,26,30). The Morgan fingerprint density at radius 1 is 1.18 bits per heavy atom. The average molecular weight is 476 g/mol. The van der Waals surface area contributed by atoms with Crippen molar-refractivity contribution in [2.45, 2.75) is 81.4 Å². The van der Waals surface area contributed by atoms with Gasteiger partial charge >= 0.3 is 6.03 Å². The molecule has 0 bridgehead atoms. The fourth-order valence-corrected chi connectivity index (χ4v) is 8.03. The first-order chi connectivity index (χ1) is 15.4. The van der Waals surface area contributed by atoms with Crippen molar-refractivity contribution < 1.29 is 22.8 Å². The van der Waals surface area contributed by atoms with E-state index >= 15 is 0 Å². The number of hydrogen-bond acceptors (Lipinski definition) is 5. The number of anilines is 1. The van der Waals surface area contributed by atoms with E-state index in [1.54, 1.807) is 12.1 Å². The highest BCUT2D eigenvalue weighted by Crippen LogP contribution is 2.46. The molecular formula is C24H33N3O5S. The number of benzene rings is 1. The van der Waals surface area contributed by atoms with Crippen LogP contribution >= 0.6 is 0 Å². The van der Waals surface area contributed by atoms with Gasteiger partial charge in [-0.15, -0.1) is 0 Å². The molecule has 0 radical (unpaired) electrons.